The summed E-state index contributed by atoms with van der Waals surface area (Å²) in [5.74, 6) is -4.22. The van der Waals surface area contributed by atoms with Crippen LogP contribution in [-0.4, -0.2) is 34.7 Å². The molecule has 0 aromatic heterocycles. The Morgan fingerprint density at radius 3 is 2.55 bits per heavy atom. The summed E-state index contributed by atoms with van der Waals surface area (Å²) in [4.78, 5) is 57.4. The molecule has 114 valence electrons. The molecule has 1 N–H and O–H groups in total. The number of Topliss-reactive ketones (excluding diaryl/α,β-unsaturated/α-hetero) is 3. The van der Waals surface area contributed by atoms with E-state index in [0.717, 1.165) is 12.1 Å². The van der Waals surface area contributed by atoms with Crippen LogP contribution in [0.5, 0.6) is 0 Å². The number of carbonyl (C=O) groups is 4. The van der Waals surface area contributed by atoms with Crippen LogP contribution in [-0.2, 0) is 9.59 Å². The van der Waals surface area contributed by atoms with E-state index in [1.54, 1.807) is 0 Å². The fourth-order valence-corrected chi connectivity index (χ4v) is 2.23. The van der Waals surface area contributed by atoms with E-state index in [1.165, 1.54) is 13.0 Å². The topological polar surface area (TPSA) is 123 Å². The van der Waals surface area contributed by atoms with Gasteiger partial charge in [-0.1, -0.05) is 6.07 Å². The zero-order valence-corrected chi connectivity index (χ0v) is 11.6. The van der Waals surface area contributed by atoms with Crippen LogP contribution in [0.1, 0.15) is 34.1 Å². The van der Waals surface area contributed by atoms with Crippen molar-refractivity contribution in [2.75, 3.05) is 6.54 Å². The van der Waals surface area contributed by atoms with E-state index in [0.29, 0.717) is 0 Å². The number of hydrogen-bond donors (Lipinski definition) is 1. The molecule has 0 radical (unpaired) electrons. The second-order valence-corrected chi connectivity index (χ2v) is 4.85. The molecule has 2 rings (SSSR count). The molecule has 0 aliphatic carbocycles. The molecule has 22 heavy (non-hydrogen) atoms. The molecular formula is C14H12N2O6. The molecule has 0 saturated carbocycles. The first-order valence-corrected chi connectivity index (χ1v) is 6.47. The van der Waals surface area contributed by atoms with Gasteiger partial charge in [-0.3, -0.25) is 29.3 Å². The highest BCUT2D eigenvalue weighted by atomic mass is 16.6. The molecule has 1 unspecified atom stereocenters. The van der Waals surface area contributed by atoms with Crippen molar-refractivity contribution < 1.29 is 24.1 Å². The number of benzene rings is 1. The predicted octanol–water partition coefficient (Wildman–Crippen LogP) is 0.685. The highest BCUT2D eigenvalue weighted by Crippen LogP contribution is 2.25. The number of amides is 1. The Morgan fingerprint density at radius 1 is 1.32 bits per heavy atom. The number of ketones is 3. The Morgan fingerprint density at radius 2 is 2.00 bits per heavy atom. The standard InChI is InChI=1S/C14H12N2O6/c1-7(17)8-2-3-9(10(6-8)16(21)22)13(19)12-11(18)4-5-15-14(12)20/h2-3,6,12H,4-5H2,1H3,(H,15,20). The van der Waals surface area contributed by atoms with Crippen LogP contribution in [0, 0.1) is 16.0 Å². The quantitative estimate of drug-likeness (QED) is 0.377. The lowest BCUT2D eigenvalue weighted by Gasteiger charge is -2.19. The first-order chi connectivity index (χ1) is 10.3. The minimum atomic E-state index is -1.57. The summed E-state index contributed by atoms with van der Waals surface area (Å²) in [7, 11) is 0. The van der Waals surface area contributed by atoms with Crippen LogP contribution in [0.3, 0.4) is 0 Å². The number of nitro benzene ring substituents is 1. The van der Waals surface area contributed by atoms with Gasteiger partial charge < -0.3 is 5.32 Å². The first-order valence-electron chi connectivity index (χ1n) is 6.47. The van der Waals surface area contributed by atoms with Gasteiger partial charge in [-0.25, -0.2) is 0 Å². The van der Waals surface area contributed by atoms with Gasteiger partial charge in [0.1, 0.15) is 0 Å². The molecule has 8 heteroatoms. The molecule has 1 saturated heterocycles. The van der Waals surface area contributed by atoms with Crippen LogP contribution in [0.25, 0.3) is 0 Å². The van der Waals surface area contributed by atoms with Gasteiger partial charge in [-0.2, -0.15) is 0 Å². The highest BCUT2D eigenvalue weighted by Gasteiger charge is 2.39. The molecule has 0 bridgehead atoms. The van der Waals surface area contributed by atoms with E-state index in [4.69, 9.17) is 0 Å². The van der Waals surface area contributed by atoms with E-state index in [1.807, 2.05) is 0 Å². The summed E-state index contributed by atoms with van der Waals surface area (Å²) in [6.45, 7) is 1.38. The molecule has 8 nitrogen and oxygen atoms in total. The van der Waals surface area contributed by atoms with Crippen molar-refractivity contribution in [1.82, 2.24) is 5.32 Å². The maximum Gasteiger partial charge on any atom is 0.280 e. The van der Waals surface area contributed by atoms with Crippen LogP contribution in [0.2, 0.25) is 0 Å². The van der Waals surface area contributed by atoms with Crippen molar-refractivity contribution in [3.8, 4) is 0 Å². The lowest BCUT2D eigenvalue weighted by Crippen LogP contribution is -2.46. The maximum atomic E-state index is 12.4. The van der Waals surface area contributed by atoms with Crippen molar-refractivity contribution in [2.45, 2.75) is 13.3 Å². The van der Waals surface area contributed by atoms with Gasteiger partial charge in [0, 0.05) is 24.6 Å². The number of rotatable bonds is 4. The second-order valence-electron chi connectivity index (χ2n) is 4.85. The van der Waals surface area contributed by atoms with Gasteiger partial charge in [0.2, 0.25) is 5.91 Å². The second kappa shape index (κ2) is 5.84. The first kappa shape index (κ1) is 15.5. The molecule has 1 aromatic rings. The number of nitrogens with one attached hydrogen (secondary N) is 1. The third kappa shape index (κ3) is 2.76. The summed E-state index contributed by atoms with van der Waals surface area (Å²) in [6.07, 6.45) is 0.00146. The minimum Gasteiger partial charge on any atom is -0.355 e. The smallest absolute Gasteiger partial charge is 0.280 e. The van der Waals surface area contributed by atoms with E-state index in [-0.39, 0.29) is 24.1 Å². The van der Waals surface area contributed by atoms with Gasteiger partial charge >= 0.3 is 0 Å². The molecule has 1 aliphatic heterocycles. The summed E-state index contributed by atoms with van der Waals surface area (Å²) >= 11 is 0. The van der Waals surface area contributed by atoms with E-state index >= 15 is 0 Å². The summed E-state index contributed by atoms with van der Waals surface area (Å²) in [5, 5.41) is 13.5. The Bertz CT molecular complexity index is 693. The fourth-order valence-electron chi connectivity index (χ4n) is 2.23. The van der Waals surface area contributed by atoms with E-state index in [2.05, 4.69) is 5.32 Å². The molecule has 1 atom stereocenters. The van der Waals surface area contributed by atoms with Crippen molar-refractivity contribution in [3.63, 3.8) is 0 Å². The number of piperidine rings is 1. The van der Waals surface area contributed by atoms with Gasteiger partial charge in [0.15, 0.2) is 23.3 Å². The van der Waals surface area contributed by atoms with E-state index < -0.39 is 39.8 Å². The third-order valence-corrected chi connectivity index (χ3v) is 3.38. The van der Waals surface area contributed by atoms with Gasteiger partial charge in [0.25, 0.3) is 5.69 Å². The minimum absolute atomic E-state index is 0.00146. The molecule has 1 aromatic carbocycles. The zero-order valence-electron chi connectivity index (χ0n) is 11.6. The highest BCUT2D eigenvalue weighted by molar-refractivity contribution is 6.25. The summed E-state index contributed by atoms with van der Waals surface area (Å²) < 4.78 is 0. The molecular weight excluding hydrogens is 292 g/mol. The summed E-state index contributed by atoms with van der Waals surface area (Å²) in [5.41, 5.74) is -0.878. The number of nitrogens with zero attached hydrogens (tertiary/aromatic N) is 1. The van der Waals surface area contributed by atoms with Gasteiger partial charge in [0.05, 0.1) is 10.5 Å². The largest absolute Gasteiger partial charge is 0.355 e. The predicted molar refractivity (Wildman–Crippen MR) is 73.6 cm³/mol. The van der Waals surface area contributed by atoms with Crippen LogP contribution >= 0.6 is 0 Å². The SMILES string of the molecule is CC(=O)c1ccc(C(=O)C2C(=O)CCNC2=O)c([N+](=O)[O-])c1. The Balaban J connectivity index is 2.49. The summed E-state index contributed by atoms with van der Waals surface area (Å²) in [6, 6.07) is 3.33. The molecule has 1 amide bonds. The lowest BCUT2D eigenvalue weighted by molar-refractivity contribution is -0.385. The van der Waals surface area contributed by atoms with Crippen LogP contribution in [0.15, 0.2) is 18.2 Å². The Labute approximate surface area is 124 Å². The number of hydrogen-bond acceptors (Lipinski definition) is 6. The van der Waals surface area contributed by atoms with Gasteiger partial charge in [-0.15, -0.1) is 0 Å². The van der Waals surface area contributed by atoms with Crippen molar-refractivity contribution in [2.24, 2.45) is 5.92 Å². The zero-order chi connectivity index (χ0) is 16.4. The monoisotopic (exact) mass is 304 g/mol. The molecule has 1 aliphatic rings. The van der Waals surface area contributed by atoms with Crippen molar-refractivity contribution in [1.29, 1.82) is 0 Å². The Hall–Kier alpha value is -2.90. The van der Waals surface area contributed by atoms with Crippen LogP contribution in [0.4, 0.5) is 5.69 Å². The maximum absolute atomic E-state index is 12.4. The van der Waals surface area contributed by atoms with Crippen LogP contribution < -0.4 is 5.32 Å². The van der Waals surface area contributed by atoms with Crippen molar-refractivity contribution >= 4 is 28.9 Å². The average Bonchev–Trinajstić information content (AvgIpc) is 2.46. The molecule has 1 heterocycles. The van der Waals surface area contributed by atoms with E-state index in [9.17, 15) is 29.3 Å². The average molecular weight is 304 g/mol. The normalized spacial score (nSPS) is 17.8. The Kier molecular flexibility index (Phi) is 4.11. The molecule has 0 spiro atoms. The fraction of sp³-hybridized carbons (Fsp3) is 0.286. The van der Waals surface area contributed by atoms with Gasteiger partial charge in [-0.05, 0) is 13.0 Å². The van der Waals surface area contributed by atoms with Crippen molar-refractivity contribution in [3.05, 3.63) is 39.4 Å². The number of nitro groups is 1. The molecule has 1 fully saturated rings. The number of carbonyl (C=O) groups excluding carboxylic acids is 4. The third-order valence-electron chi connectivity index (χ3n) is 3.38. The lowest BCUT2D eigenvalue weighted by atomic mass is 9.88.